The number of hydrogen-bond acceptors (Lipinski definition) is 6. The van der Waals surface area contributed by atoms with Crippen LogP contribution in [0.3, 0.4) is 0 Å². The average Bonchev–Trinajstić information content (AvgIpc) is 2.77. The summed E-state index contributed by atoms with van der Waals surface area (Å²) in [7, 11) is 2.94. The van der Waals surface area contributed by atoms with Gasteiger partial charge in [0.1, 0.15) is 0 Å². The van der Waals surface area contributed by atoms with Crippen LogP contribution in [-0.4, -0.2) is 40.8 Å². The number of ether oxygens (including phenoxy) is 2. The van der Waals surface area contributed by atoms with E-state index >= 15 is 0 Å². The molecule has 1 heterocycles. The lowest BCUT2D eigenvalue weighted by Gasteiger charge is -2.19. The van der Waals surface area contributed by atoms with Gasteiger partial charge < -0.3 is 19.9 Å². The van der Waals surface area contributed by atoms with E-state index in [1.807, 2.05) is 0 Å². The van der Waals surface area contributed by atoms with Gasteiger partial charge in [-0.15, -0.1) is 0 Å². The van der Waals surface area contributed by atoms with Crippen LogP contribution >= 0.6 is 0 Å². The van der Waals surface area contributed by atoms with Crippen molar-refractivity contribution in [3.8, 4) is 11.5 Å². The Morgan fingerprint density at radius 2 is 1.81 bits per heavy atom. The number of aromatic nitrogens is 2. The summed E-state index contributed by atoms with van der Waals surface area (Å²) < 4.78 is 11.7. The number of carboxylic acid groups (broad SMARTS) is 1. The number of rotatable bonds is 9. The SMILES string of the molecule is COc1ccc(C(CC(=O)O)NC(=O)CCn2c(=O)[nH]c(=O)c3ccccc32)cc1OC. The van der Waals surface area contributed by atoms with E-state index in [4.69, 9.17) is 9.47 Å². The second-order valence-electron chi connectivity index (χ2n) is 7.01. The molecule has 0 bridgehead atoms. The van der Waals surface area contributed by atoms with E-state index in [2.05, 4.69) is 10.3 Å². The largest absolute Gasteiger partial charge is 0.493 e. The number of H-pyrrole nitrogens is 1. The van der Waals surface area contributed by atoms with E-state index < -0.39 is 29.2 Å². The molecule has 168 valence electrons. The van der Waals surface area contributed by atoms with E-state index in [0.29, 0.717) is 28.0 Å². The lowest BCUT2D eigenvalue weighted by atomic mass is 10.0. The Labute approximate surface area is 182 Å². The maximum atomic E-state index is 12.6. The van der Waals surface area contributed by atoms with Crippen molar-refractivity contribution in [2.75, 3.05) is 14.2 Å². The fourth-order valence-electron chi connectivity index (χ4n) is 3.44. The molecule has 0 saturated heterocycles. The summed E-state index contributed by atoms with van der Waals surface area (Å²) in [4.78, 5) is 50.5. The number of amides is 1. The third-order valence-corrected chi connectivity index (χ3v) is 4.99. The van der Waals surface area contributed by atoms with Gasteiger partial charge in [-0.1, -0.05) is 18.2 Å². The van der Waals surface area contributed by atoms with Crippen LogP contribution in [0, 0.1) is 0 Å². The van der Waals surface area contributed by atoms with Gasteiger partial charge in [-0.25, -0.2) is 4.79 Å². The van der Waals surface area contributed by atoms with E-state index in [1.54, 1.807) is 42.5 Å². The molecule has 0 aliphatic rings. The minimum absolute atomic E-state index is 0.00762. The zero-order chi connectivity index (χ0) is 23.3. The molecule has 3 rings (SSSR count). The molecule has 10 heteroatoms. The number of carbonyl (C=O) groups excluding carboxylic acids is 1. The number of benzene rings is 2. The summed E-state index contributed by atoms with van der Waals surface area (Å²) in [6.45, 7) is 0.00762. The van der Waals surface area contributed by atoms with Gasteiger partial charge in [-0.05, 0) is 29.8 Å². The molecule has 0 fully saturated rings. The highest BCUT2D eigenvalue weighted by Gasteiger charge is 2.20. The van der Waals surface area contributed by atoms with Crippen molar-refractivity contribution in [3.63, 3.8) is 0 Å². The van der Waals surface area contributed by atoms with Crippen molar-refractivity contribution in [2.45, 2.75) is 25.4 Å². The minimum Gasteiger partial charge on any atom is -0.493 e. The number of hydrogen-bond donors (Lipinski definition) is 3. The number of nitrogens with one attached hydrogen (secondary N) is 2. The number of aromatic amines is 1. The van der Waals surface area contributed by atoms with Crippen LogP contribution < -0.4 is 26.0 Å². The van der Waals surface area contributed by atoms with Crippen LogP contribution in [0.1, 0.15) is 24.4 Å². The summed E-state index contributed by atoms with van der Waals surface area (Å²) in [5, 5.41) is 12.3. The molecule has 1 unspecified atom stereocenters. The molecule has 1 atom stereocenters. The number of para-hydroxylation sites is 1. The number of aryl methyl sites for hydroxylation is 1. The summed E-state index contributed by atoms with van der Waals surface area (Å²) in [5.41, 5.74) is -0.175. The molecule has 3 aromatic rings. The maximum absolute atomic E-state index is 12.6. The van der Waals surface area contributed by atoms with Crippen LogP contribution in [0.4, 0.5) is 0 Å². The Morgan fingerprint density at radius 3 is 2.50 bits per heavy atom. The molecule has 0 spiro atoms. The van der Waals surface area contributed by atoms with Crippen molar-refractivity contribution in [1.82, 2.24) is 14.9 Å². The standard InChI is InChI=1S/C22H23N3O7/c1-31-17-8-7-13(11-18(17)32-2)15(12-20(27)28)23-19(26)9-10-25-16-6-4-3-5-14(16)21(29)24-22(25)30/h3-8,11,15H,9-10,12H2,1-2H3,(H,23,26)(H,27,28)(H,24,29,30). The minimum atomic E-state index is -1.09. The maximum Gasteiger partial charge on any atom is 0.328 e. The summed E-state index contributed by atoms with van der Waals surface area (Å²) in [6, 6.07) is 10.6. The second kappa shape index (κ2) is 9.82. The van der Waals surface area contributed by atoms with Gasteiger partial charge in [0.05, 0.1) is 37.6 Å². The lowest BCUT2D eigenvalue weighted by molar-refractivity contribution is -0.137. The monoisotopic (exact) mass is 441 g/mol. The normalized spacial score (nSPS) is 11.7. The highest BCUT2D eigenvalue weighted by Crippen LogP contribution is 2.31. The van der Waals surface area contributed by atoms with Crippen molar-refractivity contribution < 1.29 is 24.2 Å². The van der Waals surface area contributed by atoms with Gasteiger partial charge >= 0.3 is 11.7 Å². The average molecular weight is 441 g/mol. The molecule has 0 aliphatic heterocycles. The molecule has 32 heavy (non-hydrogen) atoms. The van der Waals surface area contributed by atoms with Gasteiger partial charge in [-0.3, -0.25) is 23.9 Å². The fourth-order valence-corrected chi connectivity index (χ4v) is 3.44. The zero-order valence-electron chi connectivity index (χ0n) is 17.6. The first-order valence-electron chi connectivity index (χ1n) is 9.79. The van der Waals surface area contributed by atoms with Gasteiger partial charge in [-0.2, -0.15) is 0 Å². The summed E-state index contributed by atoms with van der Waals surface area (Å²) in [6.07, 6.45) is -0.442. The topological polar surface area (TPSA) is 140 Å². The van der Waals surface area contributed by atoms with E-state index in [0.717, 1.165) is 0 Å². The number of nitrogens with zero attached hydrogens (tertiary/aromatic N) is 1. The molecule has 0 aliphatic carbocycles. The van der Waals surface area contributed by atoms with Crippen molar-refractivity contribution in [2.24, 2.45) is 0 Å². The first-order valence-corrected chi connectivity index (χ1v) is 9.79. The summed E-state index contributed by atoms with van der Waals surface area (Å²) in [5.74, 6) is -0.664. The molecular weight excluding hydrogens is 418 g/mol. The third-order valence-electron chi connectivity index (χ3n) is 4.99. The number of carbonyl (C=O) groups is 2. The van der Waals surface area contributed by atoms with Gasteiger partial charge in [0, 0.05) is 13.0 Å². The first kappa shape index (κ1) is 22.6. The molecule has 0 radical (unpaired) electrons. The zero-order valence-corrected chi connectivity index (χ0v) is 17.6. The number of carboxylic acids is 1. The number of fused-ring (bicyclic) bond motifs is 1. The van der Waals surface area contributed by atoms with E-state index in [1.165, 1.54) is 18.8 Å². The van der Waals surface area contributed by atoms with Crippen LogP contribution in [0.25, 0.3) is 10.9 Å². The lowest BCUT2D eigenvalue weighted by Crippen LogP contribution is -2.34. The molecule has 1 amide bonds. The number of aliphatic carboxylic acids is 1. The van der Waals surface area contributed by atoms with E-state index in [-0.39, 0.29) is 19.4 Å². The first-order chi connectivity index (χ1) is 15.3. The van der Waals surface area contributed by atoms with Gasteiger partial charge in [0.25, 0.3) is 5.56 Å². The van der Waals surface area contributed by atoms with Crippen LogP contribution in [-0.2, 0) is 16.1 Å². The Hall–Kier alpha value is -4.08. The van der Waals surface area contributed by atoms with Crippen molar-refractivity contribution in [1.29, 1.82) is 0 Å². The Morgan fingerprint density at radius 1 is 1.09 bits per heavy atom. The molecule has 3 N–H and O–H groups in total. The van der Waals surface area contributed by atoms with Gasteiger partial charge in [0.2, 0.25) is 5.91 Å². The fraction of sp³-hybridized carbons (Fsp3) is 0.273. The molecule has 10 nitrogen and oxygen atoms in total. The Kier molecular flexibility index (Phi) is 6.93. The van der Waals surface area contributed by atoms with Gasteiger partial charge in [0.15, 0.2) is 11.5 Å². The predicted octanol–water partition coefficient (Wildman–Crippen LogP) is 1.43. The Bertz CT molecular complexity index is 1260. The molecular formula is C22H23N3O7. The van der Waals surface area contributed by atoms with Crippen LogP contribution in [0.2, 0.25) is 0 Å². The highest BCUT2D eigenvalue weighted by molar-refractivity contribution is 5.79. The second-order valence-corrected chi connectivity index (χ2v) is 7.01. The molecule has 2 aromatic carbocycles. The number of methoxy groups -OCH3 is 2. The van der Waals surface area contributed by atoms with Crippen molar-refractivity contribution in [3.05, 3.63) is 68.9 Å². The van der Waals surface area contributed by atoms with Crippen LogP contribution in [0.15, 0.2) is 52.1 Å². The smallest absolute Gasteiger partial charge is 0.328 e. The molecule has 1 aromatic heterocycles. The Balaban J connectivity index is 1.80. The highest BCUT2D eigenvalue weighted by atomic mass is 16.5. The van der Waals surface area contributed by atoms with Crippen molar-refractivity contribution >= 4 is 22.8 Å². The quantitative estimate of drug-likeness (QED) is 0.456. The predicted molar refractivity (Wildman–Crippen MR) is 116 cm³/mol. The molecule has 0 saturated carbocycles. The van der Waals surface area contributed by atoms with E-state index in [9.17, 15) is 24.3 Å². The summed E-state index contributed by atoms with van der Waals surface area (Å²) >= 11 is 0. The van der Waals surface area contributed by atoms with Crippen LogP contribution in [0.5, 0.6) is 11.5 Å². The third kappa shape index (κ3) is 4.97.